The van der Waals surface area contributed by atoms with Gasteiger partial charge in [0, 0.05) is 5.56 Å². The molecule has 7 nitrogen and oxygen atoms in total. The fourth-order valence-corrected chi connectivity index (χ4v) is 2.77. The molecule has 4 rings (SSSR count). The van der Waals surface area contributed by atoms with E-state index in [2.05, 4.69) is 4.99 Å². The number of rotatable bonds is 5. The number of benzene rings is 2. The second kappa shape index (κ2) is 7.03. The summed E-state index contributed by atoms with van der Waals surface area (Å²) in [6.45, 7) is 2.57. The zero-order valence-electron chi connectivity index (χ0n) is 14.9. The van der Waals surface area contributed by atoms with Gasteiger partial charge < -0.3 is 23.7 Å². The highest BCUT2D eigenvalue weighted by molar-refractivity contribution is 6.13. The lowest BCUT2D eigenvalue weighted by Crippen LogP contribution is -2.05. The van der Waals surface area contributed by atoms with Crippen LogP contribution in [-0.4, -0.2) is 32.4 Å². The van der Waals surface area contributed by atoms with E-state index in [4.69, 9.17) is 23.7 Å². The Morgan fingerprint density at radius 3 is 2.78 bits per heavy atom. The van der Waals surface area contributed by atoms with Crippen LogP contribution in [0.2, 0.25) is 0 Å². The van der Waals surface area contributed by atoms with Crippen molar-refractivity contribution in [3.63, 3.8) is 0 Å². The number of ether oxygens (including phenoxy) is 5. The van der Waals surface area contributed by atoms with Crippen LogP contribution in [0.5, 0.6) is 23.0 Å². The van der Waals surface area contributed by atoms with Crippen LogP contribution in [-0.2, 0) is 9.53 Å². The summed E-state index contributed by atoms with van der Waals surface area (Å²) >= 11 is 0. The second-order valence-electron chi connectivity index (χ2n) is 5.75. The maximum Gasteiger partial charge on any atom is 0.363 e. The highest BCUT2D eigenvalue weighted by Crippen LogP contribution is 2.34. The molecule has 0 bridgehead atoms. The van der Waals surface area contributed by atoms with E-state index in [1.54, 1.807) is 43.5 Å². The summed E-state index contributed by atoms with van der Waals surface area (Å²) in [5.41, 5.74) is 1.60. The van der Waals surface area contributed by atoms with Crippen molar-refractivity contribution >= 4 is 17.9 Å². The molecule has 0 saturated carbocycles. The van der Waals surface area contributed by atoms with Crippen molar-refractivity contribution in [2.24, 2.45) is 4.99 Å². The Morgan fingerprint density at radius 1 is 1.11 bits per heavy atom. The Morgan fingerprint density at radius 2 is 1.96 bits per heavy atom. The van der Waals surface area contributed by atoms with E-state index in [-0.39, 0.29) is 18.4 Å². The molecule has 0 saturated heterocycles. The van der Waals surface area contributed by atoms with Gasteiger partial charge in [0.2, 0.25) is 12.7 Å². The van der Waals surface area contributed by atoms with Crippen LogP contribution in [0.15, 0.2) is 47.1 Å². The molecule has 2 aromatic carbocycles. The number of esters is 1. The lowest BCUT2D eigenvalue weighted by Gasteiger charge is -2.09. The molecule has 27 heavy (non-hydrogen) atoms. The molecule has 2 aromatic rings. The summed E-state index contributed by atoms with van der Waals surface area (Å²) < 4.78 is 26.8. The molecule has 2 heterocycles. The topological polar surface area (TPSA) is 75.6 Å². The molecule has 0 amide bonds. The molecule has 0 atom stereocenters. The van der Waals surface area contributed by atoms with Crippen LogP contribution >= 0.6 is 0 Å². The van der Waals surface area contributed by atoms with E-state index in [1.165, 1.54) is 0 Å². The molecule has 2 aliphatic rings. The Kier molecular flexibility index (Phi) is 4.42. The molecule has 0 aliphatic carbocycles. The predicted molar refractivity (Wildman–Crippen MR) is 97.3 cm³/mol. The monoisotopic (exact) mass is 367 g/mol. The van der Waals surface area contributed by atoms with Crippen LogP contribution in [0.4, 0.5) is 0 Å². The van der Waals surface area contributed by atoms with Gasteiger partial charge in [-0.05, 0) is 48.9 Å². The Hall–Kier alpha value is -3.48. The van der Waals surface area contributed by atoms with Gasteiger partial charge in [0.15, 0.2) is 28.7 Å². The third kappa shape index (κ3) is 3.31. The molecule has 138 valence electrons. The molecule has 0 unspecified atom stereocenters. The molecular formula is C20H17NO6. The lowest BCUT2D eigenvalue weighted by atomic mass is 10.1. The third-order valence-corrected chi connectivity index (χ3v) is 4.03. The first kappa shape index (κ1) is 17.0. The molecule has 0 radical (unpaired) electrons. The van der Waals surface area contributed by atoms with Crippen molar-refractivity contribution in [1.82, 2.24) is 0 Å². The zero-order chi connectivity index (χ0) is 18.8. The SMILES string of the molecule is CCOc1cc(C=C2N=C(c3ccc4c(c3)OCO4)OC2=O)ccc1OC. The predicted octanol–water partition coefficient (Wildman–Crippen LogP) is 3.17. The lowest BCUT2D eigenvalue weighted by molar-refractivity contribution is -0.129. The maximum atomic E-state index is 12.2. The quantitative estimate of drug-likeness (QED) is 0.597. The van der Waals surface area contributed by atoms with E-state index < -0.39 is 5.97 Å². The maximum absolute atomic E-state index is 12.2. The number of hydrogen-bond donors (Lipinski definition) is 0. The van der Waals surface area contributed by atoms with Crippen LogP contribution in [0.25, 0.3) is 6.08 Å². The number of carbonyl (C=O) groups excluding carboxylic acids is 1. The van der Waals surface area contributed by atoms with E-state index in [0.29, 0.717) is 35.2 Å². The van der Waals surface area contributed by atoms with Gasteiger partial charge in [-0.25, -0.2) is 9.79 Å². The zero-order valence-corrected chi connectivity index (χ0v) is 14.9. The van der Waals surface area contributed by atoms with Gasteiger partial charge in [0.25, 0.3) is 0 Å². The fourth-order valence-electron chi connectivity index (χ4n) is 2.77. The van der Waals surface area contributed by atoms with Gasteiger partial charge in [-0.15, -0.1) is 0 Å². The van der Waals surface area contributed by atoms with Crippen molar-refractivity contribution in [1.29, 1.82) is 0 Å². The highest BCUT2D eigenvalue weighted by atomic mass is 16.7. The summed E-state index contributed by atoms with van der Waals surface area (Å²) in [7, 11) is 1.58. The average molecular weight is 367 g/mol. The van der Waals surface area contributed by atoms with Crippen LogP contribution in [0.3, 0.4) is 0 Å². The summed E-state index contributed by atoms with van der Waals surface area (Å²) in [6.07, 6.45) is 1.64. The molecule has 0 fully saturated rings. The highest BCUT2D eigenvalue weighted by Gasteiger charge is 2.26. The van der Waals surface area contributed by atoms with Crippen LogP contribution in [0.1, 0.15) is 18.1 Å². The van der Waals surface area contributed by atoms with Gasteiger partial charge >= 0.3 is 5.97 Å². The molecule has 0 aromatic heterocycles. The van der Waals surface area contributed by atoms with Crippen molar-refractivity contribution in [3.05, 3.63) is 53.2 Å². The molecule has 0 N–H and O–H groups in total. The van der Waals surface area contributed by atoms with E-state index in [9.17, 15) is 4.79 Å². The minimum Gasteiger partial charge on any atom is -0.493 e. The number of methoxy groups -OCH3 is 1. The van der Waals surface area contributed by atoms with Crippen molar-refractivity contribution in [2.75, 3.05) is 20.5 Å². The minimum atomic E-state index is -0.517. The number of hydrogen-bond acceptors (Lipinski definition) is 7. The Balaban J connectivity index is 1.64. The second-order valence-corrected chi connectivity index (χ2v) is 5.75. The number of carbonyl (C=O) groups is 1. The smallest absolute Gasteiger partial charge is 0.363 e. The largest absolute Gasteiger partial charge is 0.493 e. The van der Waals surface area contributed by atoms with Gasteiger partial charge in [0.1, 0.15) is 0 Å². The molecule has 2 aliphatic heterocycles. The van der Waals surface area contributed by atoms with Crippen molar-refractivity contribution in [2.45, 2.75) is 6.92 Å². The van der Waals surface area contributed by atoms with Gasteiger partial charge in [0.05, 0.1) is 13.7 Å². The third-order valence-electron chi connectivity index (χ3n) is 4.03. The van der Waals surface area contributed by atoms with Gasteiger partial charge in [-0.1, -0.05) is 6.07 Å². The van der Waals surface area contributed by atoms with Crippen LogP contribution < -0.4 is 18.9 Å². The summed E-state index contributed by atoms with van der Waals surface area (Å²) in [5, 5.41) is 0. The number of nitrogens with zero attached hydrogens (tertiary/aromatic N) is 1. The molecule has 7 heteroatoms. The van der Waals surface area contributed by atoms with E-state index >= 15 is 0 Å². The first-order valence-corrected chi connectivity index (χ1v) is 8.41. The Labute approximate surface area is 155 Å². The summed E-state index contributed by atoms with van der Waals surface area (Å²) in [5.74, 6) is 2.18. The number of fused-ring (bicyclic) bond motifs is 1. The fraction of sp³-hybridized carbons (Fsp3) is 0.200. The number of aliphatic imine (C=N–C) groups is 1. The van der Waals surface area contributed by atoms with Crippen molar-refractivity contribution in [3.8, 4) is 23.0 Å². The standard InChI is InChI=1S/C20H17NO6/c1-3-24-17-9-12(4-6-15(17)23-2)8-14-20(22)27-19(21-14)13-5-7-16-18(10-13)26-11-25-16/h4-10H,3,11H2,1-2H3. The normalized spacial score (nSPS) is 16.3. The average Bonchev–Trinajstić information content (AvgIpc) is 3.28. The van der Waals surface area contributed by atoms with Crippen molar-refractivity contribution < 1.29 is 28.5 Å². The van der Waals surface area contributed by atoms with E-state index in [0.717, 1.165) is 5.56 Å². The minimum absolute atomic E-state index is 0.176. The Bertz CT molecular complexity index is 963. The summed E-state index contributed by atoms with van der Waals surface area (Å²) in [4.78, 5) is 16.5. The summed E-state index contributed by atoms with van der Waals surface area (Å²) in [6, 6.07) is 10.6. The molecule has 0 spiro atoms. The number of cyclic esters (lactones) is 1. The molecular weight excluding hydrogens is 350 g/mol. The van der Waals surface area contributed by atoms with Gasteiger partial charge in [-0.3, -0.25) is 0 Å². The first-order valence-electron chi connectivity index (χ1n) is 8.41. The first-order chi connectivity index (χ1) is 13.2. The van der Waals surface area contributed by atoms with Crippen LogP contribution in [0, 0.1) is 0 Å². The van der Waals surface area contributed by atoms with Gasteiger partial charge in [-0.2, -0.15) is 0 Å². The van der Waals surface area contributed by atoms with E-state index in [1.807, 2.05) is 13.0 Å².